The summed E-state index contributed by atoms with van der Waals surface area (Å²) in [6.45, 7) is 1.59. The molecule has 0 radical (unpaired) electrons. The van der Waals surface area contributed by atoms with Crippen molar-refractivity contribution in [3.05, 3.63) is 35.4 Å². The zero-order valence-corrected chi connectivity index (χ0v) is 8.54. The SMILES string of the molecule is CCOC(=O)[C@H](C#N)c1c(F)cccc1F. The molecule has 0 aliphatic rings. The van der Waals surface area contributed by atoms with Crippen LogP contribution in [0.2, 0.25) is 0 Å². The number of nitriles is 1. The molecule has 0 amide bonds. The van der Waals surface area contributed by atoms with Crippen molar-refractivity contribution in [1.82, 2.24) is 0 Å². The number of halogens is 2. The van der Waals surface area contributed by atoms with Gasteiger partial charge in [0.15, 0.2) is 5.92 Å². The van der Waals surface area contributed by atoms with E-state index in [1.807, 2.05) is 0 Å². The number of nitrogens with zero attached hydrogens (tertiary/aromatic N) is 1. The van der Waals surface area contributed by atoms with Crippen molar-refractivity contribution in [3.8, 4) is 6.07 Å². The molecule has 3 nitrogen and oxygen atoms in total. The van der Waals surface area contributed by atoms with Gasteiger partial charge in [-0.15, -0.1) is 0 Å². The van der Waals surface area contributed by atoms with E-state index < -0.39 is 29.1 Å². The Labute approximate surface area is 91.3 Å². The van der Waals surface area contributed by atoms with E-state index in [1.54, 1.807) is 6.92 Å². The van der Waals surface area contributed by atoms with Gasteiger partial charge in [0, 0.05) is 0 Å². The van der Waals surface area contributed by atoms with Gasteiger partial charge in [0.2, 0.25) is 0 Å². The first kappa shape index (κ1) is 12.1. The summed E-state index contributed by atoms with van der Waals surface area (Å²) in [5, 5.41) is 8.74. The zero-order valence-electron chi connectivity index (χ0n) is 8.54. The van der Waals surface area contributed by atoms with Gasteiger partial charge in [-0.2, -0.15) is 5.26 Å². The van der Waals surface area contributed by atoms with Gasteiger partial charge >= 0.3 is 5.97 Å². The smallest absolute Gasteiger partial charge is 0.328 e. The van der Waals surface area contributed by atoms with Gasteiger partial charge in [-0.25, -0.2) is 8.78 Å². The van der Waals surface area contributed by atoms with Crippen LogP contribution in [0.5, 0.6) is 0 Å². The largest absolute Gasteiger partial charge is 0.465 e. The van der Waals surface area contributed by atoms with E-state index in [2.05, 4.69) is 4.74 Å². The van der Waals surface area contributed by atoms with E-state index in [-0.39, 0.29) is 6.61 Å². The van der Waals surface area contributed by atoms with Crippen molar-refractivity contribution in [1.29, 1.82) is 5.26 Å². The van der Waals surface area contributed by atoms with Crippen LogP contribution in [0, 0.1) is 23.0 Å². The van der Waals surface area contributed by atoms with Crippen LogP contribution in [0.25, 0.3) is 0 Å². The van der Waals surface area contributed by atoms with Crippen LogP contribution in [-0.2, 0) is 9.53 Å². The van der Waals surface area contributed by atoms with Crippen LogP contribution in [0.3, 0.4) is 0 Å². The Morgan fingerprint density at radius 2 is 2.06 bits per heavy atom. The third kappa shape index (κ3) is 2.34. The fraction of sp³-hybridized carbons (Fsp3) is 0.273. The maximum Gasteiger partial charge on any atom is 0.328 e. The van der Waals surface area contributed by atoms with Crippen molar-refractivity contribution in [2.45, 2.75) is 12.8 Å². The van der Waals surface area contributed by atoms with Crippen LogP contribution in [0.1, 0.15) is 18.4 Å². The van der Waals surface area contributed by atoms with Gasteiger partial charge in [-0.3, -0.25) is 4.79 Å². The number of ether oxygens (including phenoxy) is 1. The summed E-state index contributed by atoms with van der Waals surface area (Å²) >= 11 is 0. The lowest BCUT2D eigenvalue weighted by molar-refractivity contribution is -0.143. The molecule has 0 aromatic heterocycles. The summed E-state index contributed by atoms with van der Waals surface area (Å²) in [6.07, 6.45) is 0. The molecule has 5 heteroatoms. The molecular weight excluding hydrogens is 216 g/mol. The summed E-state index contributed by atoms with van der Waals surface area (Å²) in [4.78, 5) is 11.3. The van der Waals surface area contributed by atoms with E-state index in [4.69, 9.17) is 5.26 Å². The van der Waals surface area contributed by atoms with Crippen LogP contribution in [0.4, 0.5) is 8.78 Å². The predicted octanol–water partition coefficient (Wildman–Crippen LogP) is 2.14. The number of esters is 1. The molecule has 0 bridgehead atoms. The highest BCUT2D eigenvalue weighted by atomic mass is 19.1. The van der Waals surface area contributed by atoms with Crippen LogP contribution >= 0.6 is 0 Å². The minimum absolute atomic E-state index is 0.0487. The maximum atomic E-state index is 13.3. The van der Waals surface area contributed by atoms with Gasteiger partial charge in [0.05, 0.1) is 18.2 Å². The molecule has 1 aromatic rings. The number of hydrogen-bond donors (Lipinski definition) is 0. The Kier molecular flexibility index (Phi) is 3.95. The molecule has 0 heterocycles. The minimum atomic E-state index is -1.57. The van der Waals surface area contributed by atoms with Crippen molar-refractivity contribution < 1.29 is 18.3 Å². The van der Waals surface area contributed by atoms with E-state index in [0.29, 0.717) is 0 Å². The lowest BCUT2D eigenvalue weighted by Gasteiger charge is -2.10. The monoisotopic (exact) mass is 225 g/mol. The number of rotatable bonds is 3. The van der Waals surface area contributed by atoms with Gasteiger partial charge < -0.3 is 4.74 Å². The normalized spacial score (nSPS) is 11.6. The molecule has 0 unspecified atom stereocenters. The summed E-state index contributed by atoms with van der Waals surface area (Å²) in [5.41, 5.74) is -0.566. The zero-order chi connectivity index (χ0) is 12.1. The first-order valence-corrected chi connectivity index (χ1v) is 4.62. The topological polar surface area (TPSA) is 50.1 Å². The highest BCUT2D eigenvalue weighted by Crippen LogP contribution is 2.23. The molecule has 0 aliphatic heterocycles. The molecule has 84 valence electrons. The second kappa shape index (κ2) is 5.21. The molecule has 1 rings (SSSR count). The third-order valence-electron chi connectivity index (χ3n) is 1.94. The van der Waals surface area contributed by atoms with E-state index >= 15 is 0 Å². The standard InChI is InChI=1S/C11H9F2NO2/c1-2-16-11(15)7(6-14)10-8(12)4-3-5-9(10)13/h3-5,7H,2H2,1H3/t7-/m1/s1. The summed E-state index contributed by atoms with van der Waals surface area (Å²) in [6, 6.07) is 4.67. The van der Waals surface area contributed by atoms with Crippen LogP contribution in [0.15, 0.2) is 18.2 Å². The van der Waals surface area contributed by atoms with Gasteiger partial charge in [0.25, 0.3) is 0 Å². The molecule has 0 saturated carbocycles. The number of carbonyl (C=O) groups is 1. The molecule has 0 N–H and O–H groups in total. The molecule has 0 aliphatic carbocycles. The van der Waals surface area contributed by atoms with Crippen LogP contribution in [-0.4, -0.2) is 12.6 Å². The van der Waals surface area contributed by atoms with E-state index in [9.17, 15) is 13.6 Å². The Hall–Kier alpha value is -1.96. The molecule has 0 saturated heterocycles. The Morgan fingerprint density at radius 1 is 1.50 bits per heavy atom. The van der Waals surface area contributed by atoms with Crippen molar-refractivity contribution in [3.63, 3.8) is 0 Å². The lowest BCUT2D eigenvalue weighted by atomic mass is 9.99. The van der Waals surface area contributed by atoms with Crippen molar-refractivity contribution in [2.24, 2.45) is 0 Å². The Morgan fingerprint density at radius 3 is 2.50 bits per heavy atom. The van der Waals surface area contributed by atoms with Crippen LogP contribution < -0.4 is 0 Å². The molecule has 16 heavy (non-hydrogen) atoms. The average Bonchev–Trinajstić information content (AvgIpc) is 2.24. The highest BCUT2D eigenvalue weighted by molar-refractivity contribution is 5.81. The second-order valence-corrected chi connectivity index (χ2v) is 2.95. The highest BCUT2D eigenvalue weighted by Gasteiger charge is 2.27. The summed E-state index contributed by atoms with van der Waals surface area (Å²) < 4.78 is 31.1. The lowest BCUT2D eigenvalue weighted by Crippen LogP contribution is -2.17. The third-order valence-corrected chi connectivity index (χ3v) is 1.94. The average molecular weight is 225 g/mol. The molecule has 0 spiro atoms. The minimum Gasteiger partial charge on any atom is -0.465 e. The fourth-order valence-corrected chi connectivity index (χ4v) is 1.25. The number of carbonyl (C=O) groups excluding carboxylic acids is 1. The first-order valence-electron chi connectivity index (χ1n) is 4.62. The number of benzene rings is 1. The first-order chi connectivity index (χ1) is 7.61. The van der Waals surface area contributed by atoms with E-state index in [1.165, 1.54) is 6.07 Å². The summed E-state index contributed by atoms with van der Waals surface area (Å²) in [7, 11) is 0. The molecule has 0 fully saturated rings. The van der Waals surface area contributed by atoms with Crippen molar-refractivity contribution >= 4 is 5.97 Å². The predicted molar refractivity (Wildman–Crippen MR) is 51.3 cm³/mol. The quantitative estimate of drug-likeness (QED) is 0.740. The number of hydrogen-bond acceptors (Lipinski definition) is 3. The molecule has 1 aromatic carbocycles. The van der Waals surface area contributed by atoms with Gasteiger partial charge in [-0.1, -0.05) is 6.07 Å². The van der Waals surface area contributed by atoms with Gasteiger partial charge in [0.1, 0.15) is 11.6 Å². The maximum absolute atomic E-state index is 13.3. The second-order valence-electron chi connectivity index (χ2n) is 2.95. The molecule has 1 atom stereocenters. The van der Waals surface area contributed by atoms with Crippen molar-refractivity contribution in [2.75, 3.05) is 6.61 Å². The van der Waals surface area contributed by atoms with E-state index in [0.717, 1.165) is 18.2 Å². The van der Waals surface area contributed by atoms with Gasteiger partial charge in [-0.05, 0) is 19.1 Å². The Bertz CT molecular complexity index is 420. The summed E-state index contributed by atoms with van der Waals surface area (Å²) in [5.74, 6) is -4.38. The Balaban J connectivity index is 3.15. The molecular formula is C11H9F2NO2. The fourth-order valence-electron chi connectivity index (χ4n) is 1.25.